The summed E-state index contributed by atoms with van der Waals surface area (Å²) in [4.78, 5) is 53.9. The van der Waals surface area contributed by atoms with E-state index in [0.717, 1.165) is 33.6 Å². The molecule has 2 amide bonds. The lowest BCUT2D eigenvalue weighted by Gasteiger charge is -2.28. The quantitative estimate of drug-likeness (QED) is 0.194. The molecule has 1 aromatic heterocycles. The Hall–Kier alpha value is -4.50. The highest BCUT2D eigenvalue weighted by Crippen LogP contribution is 2.45. The number of aromatic hydroxyl groups is 1. The van der Waals surface area contributed by atoms with Crippen molar-refractivity contribution in [2.75, 3.05) is 11.9 Å². The molecule has 0 saturated heterocycles. The molecule has 3 heterocycles. The lowest BCUT2D eigenvalue weighted by Crippen LogP contribution is -2.35. The van der Waals surface area contributed by atoms with Crippen molar-refractivity contribution in [1.29, 1.82) is 0 Å². The van der Waals surface area contributed by atoms with E-state index in [1.807, 2.05) is 6.07 Å². The number of esters is 1. The number of ether oxygens (including phenoxy) is 1. The number of rotatable bonds is 6. The molecule has 1 unspecified atom stereocenters. The number of phenols is 1. The number of ketones is 1. The Morgan fingerprint density at radius 2 is 1.98 bits per heavy atom. The average Bonchev–Trinajstić information content (AvgIpc) is 3.24. The number of nitrogens with one attached hydrogen (secondary N) is 1. The molecule has 40 heavy (non-hydrogen) atoms. The van der Waals surface area contributed by atoms with Crippen molar-refractivity contribution in [2.24, 2.45) is 5.92 Å². The number of carbonyl (C=O) groups excluding carboxylic acids is 4. The molecule has 1 aliphatic carbocycles. The van der Waals surface area contributed by atoms with Gasteiger partial charge in [0.1, 0.15) is 16.5 Å². The topological polar surface area (TPSA) is 113 Å². The maximum atomic E-state index is 13.5. The maximum absolute atomic E-state index is 13.5. The molecule has 0 bridgehead atoms. The van der Waals surface area contributed by atoms with Crippen molar-refractivity contribution in [2.45, 2.75) is 32.2 Å². The monoisotopic (exact) mass is 554 g/mol. The molecule has 2 aliphatic heterocycles. The zero-order valence-corrected chi connectivity index (χ0v) is 22.4. The standard InChI is InChI=1S/C31H26N2O6S/c1-2-24(35)29-23-11-12-33(16-26(23)40-30(29)32-27(36)13-17-3-7-20(34)8-4-17)31(38)19-6-10-22-21-9-5-18(21)15-28(37)39-25(22)14-19/h2-4,6-10,14,18,34H,1,5,11-13,15-16H2,(H,32,36). The van der Waals surface area contributed by atoms with E-state index in [0.29, 0.717) is 41.3 Å². The molecule has 0 saturated carbocycles. The van der Waals surface area contributed by atoms with Crippen LogP contribution in [-0.4, -0.2) is 40.1 Å². The highest BCUT2D eigenvalue weighted by atomic mass is 32.1. The third-order valence-electron chi connectivity index (χ3n) is 7.57. The average molecular weight is 555 g/mol. The van der Waals surface area contributed by atoms with E-state index in [9.17, 15) is 24.3 Å². The minimum atomic E-state index is -0.293. The molecule has 3 aliphatic rings. The van der Waals surface area contributed by atoms with Crippen molar-refractivity contribution in [3.8, 4) is 11.5 Å². The van der Waals surface area contributed by atoms with Gasteiger partial charge >= 0.3 is 5.97 Å². The van der Waals surface area contributed by atoms with Gasteiger partial charge in [-0.15, -0.1) is 11.3 Å². The molecule has 2 aromatic carbocycles. The van der Waals surface area contributed by atoms with E-state index in [2.05, 4.69) is 18.0 Å². The van der Waals surface area contributed by atoms with Gasteiger partial charge in [0, 0.05) is 22.5 Å². The smallest absolute Gasteiger partial charge is 0.311 e. The van der Waals surface area contributed by atoms with Crippen LogP contribution in [0.2, 0.25) is 0 Å². The predicted molar refractivity (Wildman–Crippen MR) is 151 cm³/mol. The maximum Gasteiger partial charge on any atom is 0.311 e. The number of anilines is 1. The van der Waals surface area contributed by atoms with E-state index in [1.165, 1.54) is 29.5 Å². The van der Waals surface area contributed by atoms with Crippen LogP contribution in [0.1, 0.15) is 55.1 Å². The van der Waals surface area contributed by atoms with E-state index >= 15 is 0 Å². The summed E-state index contributed by atoms with van der Waals surface area (Å²) in [5.74, 6) is -0.361. The Balaban J connectivity index is 1.23. The molecule has 8 nitrogen and oxygen atoms in total. The molecule has 3 aromatic rings. The van der Waals surface area contributed by atoms with Crippen LogP contribution in [0.15, 0.2) is 61.2 Å². The third kappa shape index (κ3) is 4.73. The second-order valence-corrected chi connectivity index (χ2v) is 11.2. The second-order valence-electron chi connectivity index (χ2n) is 10.1. The largest absolute Gasteiger partial charge is 0.508 e. The van der Waals surface area contributed by atoms with Crippen LogP contribution in [0, 0.1) is 5.92 Å². The normalized spacial score (nSPS) is 17.2. The lowest BCUT2D eigenvalue weighted by molar-refractivity contribution is -0.134. The molecule has 6 rings (SSSR count). The summed E-state index contributed by atoms with van der Waals surface area (Å²) >= 11 is 1.29. The van der Waals surface area contributed by atoms with Crippen LogP contribution in [0.5, 0.6) is 11.5 Å². The van der Waals surface area contributed by atoms with Gasteiger partial charge < -0.3 is 20.1 Å². The van der Waals surface area contributed by atoms with Crippen molar-refractivity contribution in [3.63, 3.8) is 0 Å². The van der Waals surface area contributed by atoms with Crippen LogP contribution >= 0.6 is 11.3 Å². The van der Waals surface area contributed by atoms with Crippen LogP contribution in [0.25, 0.3) is 5.57 Å². The number of allylic oxidation sites excluding steroid dienone is 3. The van der Waals surface area contributed by atoms with Gasteiger partial charge in [-0.05, 0) is 65.8 Å². The molecule has 9 heteroatoms. The van der Waals surface area contributed by atoms with Gasteiger partial charge in [-0.2, -0.15) is 0 Å². The van der Waals surface area contributed by atoms with Crippen LogP contribution in [0.4, 0.5) is 5.00 Å². The van der Waals surface area contributed by atoms with Crippen LogP contribution < -0.4 is 10.1 Å². The number of phenolic OH excluding ortho intramolecular Hbond substituents is 1. The van der Waals surface area contributed by atoms with Gasteiger partial charge in [-0.25, -0.2) is 0 Å². The first-order valence-corrected chi connectivity index (χ1v) is 13.9. The zero-order chi connectivity index (χ0) is 28.0. The fourth-order valence-corrected chi connectivity index (χ4v) is 6.73. The number of hydrogen-bond acceptors (Lipinski definition) is 7. The van der Waals surface area contributed by atoms with E-state index in [4.69, 9.17) is 4.74 Å². The Morgan fingerprint density at radius 1 is 1.18 bits per heavy atom. The number of fused-ring (bicyclic) bond motifs is 4. The van der Waals surface area contributed by atoms with Gasteiger partial charge in [0.25, 0.3) is 5.91 Å². The van der Waals surface area contributed by atoms with Crippen molar-refractivity contribution >= 4 is 45.5 Å². The summed E-state index contributed by atoms with van der Waals surface area (Å²) in [7, 11) is 0. The summed E-state index contributed by atoms with van der Waals surface area (Å²) in [6.07, 6.45) is 5.06. The fourth-order valence-electron chi connectivity index (χ4n) is 5.45. The SMILES string of the molecule is C=CC(=O)c1c(NC(=O)Cc2ccc(O)cc2)sc2c1CCN(C(=O)c1ccc3c(c1)OC(=O)CC1CC=C31)C2. The third-order valence-corrected chi connectivity index (χ3v) is 8.70. The number of amides is 2. The number of hydrogen-bond donors (Lipinski definition) is 2. The van der Waals surface area contributed by atoms with E-state index in [-0.39, 0.29) is 48.2 Å². The summed E-state index contributed by atoms with van der Waals surface area (Å²) in [6, 6.07) is 11.6. The summed E-state index contributed by atoms with van der Waals surface area (Å²) < 4.78 is 5.57. The second kappa shape index (κ2) is 10.2. The summed E-state index contributed by atoms with van der Waals surface area (Å²) in [6.45, 7) is 4.30. The molecule has 0 spiro atoms. The fraction of sp³-hybridized carbons (Fsp3) is 0.226. The lowest BCUT2D eigenvalue weighted by atomic mass is 9.79. The molecule has 202 valence electrons. The minimum absolute atomic E-state index is 0.0791. The Bertz CT molecular complexity index is 1620. The molecular formula is C31H26N2O6S. The predicted octanol–water partition coefficient (Wildman–Crippen LogP) is 4.91. The van der Waals surface area contributed by atoms with Gasteiger partial charge in [0.05, 0.1) is 24.9 Å². The minimum Gasteiger partial charge on any atom is -0.508 e. The molecule has 2 N–H and O–H groups in total. The van der Waals surface area contributed by atoms with Gasteiger partial charge in [-0.1, -0.05) is 30.9 Å². The highest BCUT2D eigenvalue weighted by Gasteiger charge is 2.34. The van der Waals surface area contributed by atoms with E-state index < -0.39 is 0 Å². The Morgan fingerprint density at radius 3 is 2.70 bits per heavy atom. The molecule has 1 atom stereocenters. The van der Waals surface area contributed by atoms with Gasteiger partial charge in [0.15, 0.2) is 5.78 Å². The number of carbonyl (C=O) groups is 4. The molecule has 0 fully saturated rings. The summed E-state index contributed by atoms with van der Waals surface area (Å²) in [5.41, 5.74) is 4.34. The first-order chi connectivity index (χ1) is 19.3. The van der Waals surface area contributed by atoms with Gasteiger partial charge in [0.2, 0.25) is 5.91 Å². The number of nitrogens with zero attached hydrogens (tertiary/aromatic N) is 1. The molecule has 0 radical (unpaired) electrons. The van der Waals surface area contributed by atoms with Crippen molar-refractivity contribution in [3.05, 3.63) is 93.9 Å². The highest BCUT2D eigenvalue weighted by molar-refractivity contribution is 7.17. The van der Waals surface area contributed by atoms with Crippen molar-refractivity contribution in [1.82, 2.24) is 4.90 Å². The van der Waals surface area contributed by atoms with Crippen LogP contribution in [0.3, 0.4) is 0 Å². The van der Waals surface area contributed by atoms with Crippen molar-refractivity contribution < 1.29 is 29.0 Å². The number of thiophene rings is 1. The Kier molecular flexibility index (Phi) is 6.59. The van der Waals surface area contributed by atoms with Gasteiger partial charge in [-0.3, -0.25) is 19.2 Å². The first-order valence-electron chi connectivity index (χ1n) is 13.0. The Labute approximate surface area is 234 Å². The van der Waals surface area contributed by atoms with Crippen LogP contribution in [-0.2, 0) is 29.0 Å². The summed E-state index contributed by atoms with van der Waals surface area (Å²) in [5, 5.41) is 12.8. The van der Waals surface area contributed by atoms with E-state index in [1.54, 1.807) is 29.2 Å². The number of benzene rings is 2. The first kappa shape index (κ1) is 25.8. The molecular weight excluding hydrogens is 528 g/mol. The zero-order valence-electron chi connectivity index (χ0n) is 21.6.